The van der Waals surface area contributed by atoms with Gasteiger partial charge in [0.15, 0.2) is 0 Å². The molecular formula is C18H25ClN4O4S2. The van der Waals surface area contributed by atoms with E-state index in [4.69, 9.17) is 11.5 Å². The summed E-state index contributed by atoms with van der Waals surface area (Å²) in [7, 11) is -7.26. The highest BCUT2D eigenvalue weighted by molar-refractivity contribution is 7.89. The van der Waals surface area contributed by atoms with Gasteiger partial charge in [0.25, 0.3) is 0 Å². The van der Waals surface area contributed by atoms with Gasteiger partial charge in [-0.3, -0.25) is 0 Å². The predicted molar refractivity (Wildman–Crippen MR) is 116 cm³/mol. The van der Waals surface area contributed by atoms with Crippen LogP contribution in [0.3, 0.4) is 0 Å². The zero-order valence-corrected chi connectivity index (χ0v) is 18.1. The van der Waals surface area contributed by atoms with E-state index in [1.54, 1.807) is 0 Å². The highest BCUT2D eigenvalue weighted by Crippen LogP contribution is 2.23. The van der Waals surface area contributed by atoms with E-state index in [0.717, 1.165) is 0 Å². The third kappa shape index (κ3) is 6.06. The molecule has 1 aliphatic rings. The van der Waals surface area contributed by atoms with Crippen molar-refractivity contribution in [3.05, 3.63) is 48.5 Å². The number of hydrogen-bond acceptors (Lipinski definition) is 6. The van der Waals surface area contributed by atoms with Gasteiger partial charge in [-0.15, -0.1) is 12.4 Å². The molecule has 8 nitrogen and oxygen atoms in total. The summed E-state index contributed by atoms with van der Waals surface area (Å²) < 4.78 is 55.2. The Morgan fingerprint density at radius 3 is 1.17 bits per heavy atom. The summed E-state index contributed by atoms with van der Waals surface area (Å²) in [5.74, 6) is 0. The second-order valence-electron chi connectivity index (χ2n) is 6.93. The van der Waals surface area contributed by atoms with Crippen molar-refractivity contribution in [3.63, 3.8) is 0 Å². The largest absolute Gasteiger partial charge is 0.399 e. The summed E-state index contributed by atoms with van der Waals surface area (Å²) in [6, 6.07) is 11.5. The molecule has 1 fully saturated rings. The molecule has 0 unspecified atom stereocenters. The van der Waals surface area contributed by atoms with Crippen LogP contribution in [0.5, 0.6) is 0 Å². The number of anilines is 2. The summed E-state index contributed by atoms with van der Waals surface area (Å²) in [6.07, 6.45) is 2.18. The van der Waals surface area contributed by atoms with Crippen LogP contribution in [0, 0.1) is 0 Å². The molecule has 0 amide bonds. The molecule has 3 rings (SSSR count). The van der Waals surface area contributed by atoms with Crippen LogP contribution in [0.15, 0.2) is 58.3 Å². The smallest absolute Gasteiger partial charge is 0.240 e. The quantitative estimate of drug-likeness (QED) is 0.484. The molecule has 0 bridgehead atoms. The third-order valence-electron chi connectivity index (χ3n) is 4.75. The topological polar surface area (TPSA) is 144 Å². The number of sulfonamides is 2. The van der Waals surface area contributed by atoms with Crippen LogP contribution in [0.2, 0.25) is 0 Å². The van der Waals surface area contributed by atoms with Gasteiger partial charge in [-0.25, -0.2) is 26.3 Å². The number of halogens is 1. The maximum atomic E-state index is 12.5. The lowest BCUT2D eigenvalue weighted by Gasteiger charge is -2.29. The fourth-order valence-electron chi connectivity index (χ4n) is 3.20. The summed E-state index contributed by atoms with van der Waals surface area (Å²) in [6.45, 7) is 0. The van der Waals surface area contributed by atoms with Gasteiger partial charge in [-0.1, -0.05) is 0 Å². The van der Waals surface area contributed by atoms with Gasteiger partial charge >= 0.3 is 0 Å². The minimum atomic E-state index is -3.63. The number of nitrogens with one attached hydrogen (secondary N) is 2. The van der Waals surface area contributed by atoms with Crippen LogP contribution >= 0.6 is 12.4 Å². The zero-order valence-electron chi connectivity index (χ0n) is 15.6. The predicted octanol–water partition coefficient (Wildman–Crippen LogP) is 1.84. The van der Waals surface area contributed by atoms with E-state index in [-0.39, 0.29) is 34.3 Å². The average Bonchev–Trinajstić information content (AvgIpc) is 2.64. The molecule has 0 radical (unpaired) electrons. The Balaban J connectivity index is 0.00000300. The van der Waals surface area contributed by atoms with Crippen molar-refractivity contribution in [1.82, 2.24) is 9.44 Å². The Morgan fingerprint density at radius 2 is 0.897 bits per heavy atom. The van der Waals surface area contributed by atoms with E-state index in [0.29, 0.717) is 37.1 Å². The lowest BCUT2D eigenvalue weighted by molar-refractivity contribution is 0.356. The van der Waals surface area contributed by atoms with Gasteiger partial charge in [0.1, 0.15) is 0 Å². The Bertz CT molecular complexity index is 933. The number of hydrogen-bond donors (Lipinski definition) is 4. The van der Waals surface area contributed by atoms with Gasteiger partial charge in [0, 0.05) is 23.5 Å². The molecule has 1 aliphatic carbocycles. The molecule has 2 aromatic rings. The van der Waals surface area contributed by atoms with Crippen LogP contribution in [0.4, 0.5) is 11.4 Å². The molecule has 1 saturated carbocycles. The lowest BCUT2D eigenvalue weighted by Crippen LogP contribution is -2.43. The molecule has 2 aromatic carbocycles. The van der Waals surface area contributed by atoms with Crippen molar-refractivity contribution in [2.45, 2.75) is 47.6 Å². The van der Waals surface area contributed by atoms with E-state index in [2.05, 4.69) is 9.44 Å². The fraction of sp³-hybridized carbons (Fsp3) is 0.333. The maximum Gasteiger partial charge on any atom is 0.240 e. The van der Waals surface area contributed by atoms with Gasteiger partial charge < -0.3 is 11.5 Å². The van der Waals surface area contributed by atoms with Crippen LogP contribution in [-0.2, 0) is 20.0 Å². The molecule has 11 heteroatoms. The van der Waals surface area contributed by atoms with Gasteiger partial charge in [-0.05, 0) is 74.2 Å². The first-order valence-electron chi connectivity index (χ1n) is 8.91. The molecule has 0 heterocycles. The molecule has 0 saturated heterocycles. The van der Waals surface area contributed by atoms with Crippen LogP contribution in [-0.4, -0.2) is 28.9 Å². The lowest BCUT2D eigenvalue weighted by atomic mass is 9.92. The molecule has 6 N–H and O–H groups in total. The highest BCUT2D eigenvalue weighted by atomic mass is 35.5. The van der Waals surface area contributed by atoms with E-state index in [9.17, 15) is 16.8 Å². The van der Waals surface area contributed by atoms with Crippen molar-refractivity contribution in [3.8, 4) is 0 Å². The Morgan fingerprint density at radius 1 is 0.621 bits per heavy atom. The zero-order chi connectivity index (χ0) is 20.4. The first-order valence-corrected chi connectivity index (χ1v) is 11.9. The monoisotopic (exact) mass is 460 g/mol. The number of benzene rings is 2. The minimum absolute atomic E-state index is 0. The van der Waals surface area contributed by atoms with Crippen LogP contribution in [0.25, 0.3) is 0 Å². The molecule has 0 aliphatic heterocycles. The van der Waals surface area contributed by atoms with Crippen molar-refractivity contribution in [2.24, 2.45) is 0 Å². The molecule has 0 spiro atoms. The molecular weight excluding hydrogens is 436 g/mol. The Hall–Kier alpha value is -1.85. The maximum absolute atomic E-state index is 12.5. The molecule has 0 atom stereocenters. The summed E-state index contributed by atoms with van der Waals surface area (Å²) in [5, 5.41) is 0. The minimum Gasteiger partial charge on any atom is -0.399 e. The average molecular weight is 461 g/mol. The third-order valence-corrected chi connectivity index (χ3v) is 7.82. The SMILES string of the molecule is Cl.Nc1ccc(S(=O)(=O)NC2CCC(NS(=O)(=O)c3ccc(N)cc3)CC2)cc1. The first-order chi connectivity index (χ1) is 13.2. The number of nitrogen functional groups attached to an aromatic ring is 2. The van der Waals surface area contributed by atoms with Crippen molar-refractivity contribution >= 4 is 43.8 Å². The second-order valence-corrected chi connectivity index (χ2v) is 10.4. The van der Waals surface area contributed by atoms with Crippen molar-refractivity contribution in [2.75, 3.05) is 11.5 Å². The standard InChI is InChI=1S/C18H24N4O4S2.ClH/c19-13-1-9-17(10-2-13)27(23,24)21-15-5-7-16(8-6-15)22-28(25,26)18-11-3-14(20)4-12-18;/h1-4,9-12,15-16,21-22H,5-8,19-20H2;1H. The van der Waals surface area contributed by atoms with Gasteiger partial charge in [0.2, 0.25) is 20.0 Å². The van der Waals surface area contributed by atoms with Gasteiger partial charge in [-0.2, -0.15) is 0 Å². The number of rotatable bonds is 6. The summed E-state index contributed by atoms with van der Waals surface area (Å²) >= 11 is 0. The van der Waals surface area contributed by atoms with Gasteiger partial charge in [0.05, 0.1) is 9.79 Å². The Kier molecular flexibility index (Phi) is 7.52. The molecule has 29 heavy (non-hydrogen) atoms. The fourth-order valence-corrected chi connectivity index (χ4v) is 5.81. The summed E-state index contributed by atoms with van der Waals surface area (Å²) in [4.78, 5) is 0.320. The molecule has 160 valence electrons. The van der Waals surface area contributed by atoms with E-state index in [1.165, 1.54) is 48.5 Å². The van der Waals surface area contributed by atoms with Crippen molar-refractivity contribution < 1.29 is 16.8 Å². The van der Waals surface area contributed by atoms with E-state index in [1.807, 2.05) is 0 Å². The summed E-state index contributed by atoms with van der Waals surface area (Å²) in [5.41, 5.74) is 12.2. The van der Waals surface area contributed by atoms with E-state index < -0.39 is 20.0 Å². The van der Waals surface area contributed by atoms with Crippen LogP contribution in [0.1, 0.15) is 25.7 Å². The second kappa shape index (κ2) is 9.31. The normalized spacial score (nSPS) is 20.0. The van der Waals surface area contributed by atoms with Crippen molar-refractivity contribution in [1.29, 1.82) is 0 Å². The Labute approximate surface area is 177 Å². The molecule has 0 aromatic heterocycles. The number of nitrogens with two attached hydrogens (primary N) is 2. The first kappa shape index (κ1) is 23.4. The van der Waals surface area contributed by atoms with Crippen LogP contribution < -0.4 is 20.9 Å². The van der Waals surface area contributed by atoms with E-state index >= 15 is 0 Å². The highest BCUT2D eigenvalue weighted by Gasteiger charge is 2.28.